The van der Waals surface area contributed by atoms with Gasteiger partial charge in [-0.1, -0.05) is 6.42 Å². The molecule has 0 heterocycles. The Morgan fingerprint density at radius 3 is 2.79 bits per heavy atom. The van der Waals surface area contributed by atoms with E-state index in [0.29, 0.717) is 12.8 Å². The summed E-state index contributed by atoms with van der Waals surface area (Å²) in [7, 11) is 1.47. The molecule has 0 saturated heterocycles. The van der Waals surface area contributed by atoms with Crippen molar-refractivity contribution in [1.29, 1.82) is 0 Å². The third-order valence-corrected chi connectivity index (χ3v) is 2.65. The van der Waals surface area contributed by atoms with Crippen LogP contribution in [0.4, 0.5) is 13.6 Å². The molecule has 5 heteroatoms. The summed E-state index contributed by atoms with van der Waals surface area (Å²) in [6.45, 7) is 0.0622. The first-order valence-corrected chi connectivity index (χ1v) is 4.89. The Hall–Kier alpha value is -0.870. The summed E-state index contributed by atoms with van der Waals surface area (Å²) in [4.78, 5) is 10.8. The average molecular weight is 206 g/mol. The zero-order valence-corrected chi connectivity index (χ0v) is 8.28. The van der Waals surface area contributed by atoms with E-state index in [1.54, 1.807) is 0 Å². The highest BCUT2D eigenvalue weighted by Crippen LogP contribution is 2.37. The Balaban J connectivity index is 2.38. The Morgan fingerprint density at radius 2 is 2.21 bits per heavy atom. The second-order valence-corrected chi connectivity index (χ2v) is 3.66. The molecule has 0 aromatic carbocycles. The Kier molecular flexibility index (Phi) is 3.66. The molecule has 14 heavy (non-hydrogen) atoms. The predicted molar refractivity (Wildman–Crippen MR) is 49.4 cm³/mol. The van der Waals surface area contributed by atoms with Crippen molar-refractivity contribution in [3.8, 4) is 0 Å². The smallest absolute Gasteiger partial charge is 0.314 e. The molecule has 2 N–H and O–H groups in total. The molecule has 1 saturated carbocycles. The molecule has 82 valence electrons. The number of amides is 2. The van der Waals surface area contributed by atoms with Gasteiger partial charge >= 0.3 is 6.03 Å². The van der Waals surface area contributed by atoms with Crippen LogP contribution >= 0.6 is 0 Å². The fraction of sp³-hybridized carbons (Fsp3) is 0.889. The largest absolute Gasteiger partial charge is 0.341 e. The van der Waals surface area contributed by atoms with Crippen LogP contribution in [0.2, 0.25) is 0 Å². The minimum Gasteiger partial charge on any atom is -0.341 e. The van der Waals surface area contributed by atoms with Crippen molar-refractivity contribution in [2.45, 2.75) is 31.6 Å². The van der Waals surface area contributed by atoms with Gasteiger partial charge in [-0.3, -0.25) is 0 Å². The van der Waals surface area contributed by atoms with Crippen LogP contribution < -0.4 is 10.6 Å². The van der Waals surface area contributed by atoms with Gasteiger partial charge in [-0.15, -0.1) is 0 Å². The van der Waals surface area contributed by atoms with Gasteiger partial charge in [0, 0.05) is 25.9 Å². The number of hydrogen-bond acceptors (Lipinski definition) is 1. The molecule has 0 bridgehead atoms. The predicted octanol–water partition coefficient (Wildman–Crippen LogP) is 1.74. The maximum atomic E-state index is 13.3. The van der Waals surface area contributed by atoms with E-state index < -0.39 is 17.9 Å². The summed E-state index contributed by atoms with van der Waals surface area (Å²) in [5.74, 6) is -3.31. The lowest BCUT2D eigenvalue weighted by atomic mass is 9.85. The molecule has 1 aliphatic carbocycles. The summed E-state index contributed by atoms with van der Waals surface area (Å²) >= 11 is 0. The number of carbonyl (C=O) groups is 1. The van der Waals surface area contributed by atoms with Crippen molar-refractivity contribution in [2.24, 2.45) is 5.92 Å². The highest BCUT2D eigenvalue weighted by molar-refractivity contribution is 5.73. The molecule has 0 radical (unpaired) electrons. The maximum Gasteiger partial charge on any atom is 0.314 e. The van der Waals surface area contributed by atoms with E-state index in [4.69, 9.17) is 0 Å². The van der Waals surface area contributed by atoms with Gasteiger partial charge in [0.1, 0.15) is 0 Å². The first kappa shape index (κ1) is 11.2. The molecule has 0 aromatic rings. The van der Waals surface area contributed by atoms with E-state index in [0.717, 1.165) is 6.42 Å². The zero-order valence-electron chi connectivity index (χ0n) is 8.28. The van der Waals surface area contributed by atoms with E-state index in [-0.39, 0.29) is 13.0 Å². The number of carbonyl (C=O) groups excluding carboxylic acids is 1. The van der Waals surface area contributed by atoms with E-state index in [9.17, 15) is 13.6 Å². The van der Waals surface area contributed by atoms with Gasteiger partial charge < -0.3 is 10.6 Å². The molecule has 1 rings (SSSR count). The lowest BCUT2D eigenvalue weighted by Gasteiger charge is -2.31. The lowest BCUT2D eigenvalue weighted by molar-refractivity contribution is -0.0833. The summed E-state index contributed by atoms with van der Waals surface area (Å²) in [6.07, 6.45) is 1.86. The topological polar surface area (TPSA) is 41.1 Å². The molecule has 0 aliphatic heterocycles. The highest BCUT2D eigenvalue weighted by Gasteiger charge is 2.41. The van der Waals surface area contributed by atoms with Crippen LogP contribution in [0.5, 0.6) is 0 Å². The van der Waals surface area contributed by atoms with Gasteiger partial charge in [0.25, 0.3) is 5.92 Å². The number of halogens is 2. The summed E-state index contributed by atoms with van der Waals surface area (Å²) in [6, 6.07) is -0.397. The summed E-state index contributed by atoms with van der Waals surface area (Å²) in [5, 5.41) is 4.76. The van der Waals surface area contributed by atoms with Crippen molar-refractivity contribution >= 4 is 6.03 Å². The molecule has 0 spiro atoms. The third kappa shape index (κ3) is 2.82. The van der Waals surface area contributed by atoms with Crippen LogP contribution in [0.1, 0.15) is 25.7 Å². The number of nitrogens with one attached hydrogen (secondary N) is 2. The first-order valence-electron chi connectivity index (χ1n) is 4.89. The normalized spacial score (nSPS) is 25.5. The van der Waals surface area contributed by atoms with Crippen molar-refractivity contribution in [2.75, 3.05) is 13.6 Å². The maximum absolute atomic E-state index is 13.3. The van der Waals surface area contributed by atoms with Gasteiger partial charge in [0.15, 0.2) is 0 Å². The van der Waals surface area contributed by atoms with Crippen molar-refractivity contribution < 1.29 is 13.6 Å². The van der Waals surface area contributed by atoms with Crippen molar-refractivity contribution in [3.63, 3.8) is 0 Å². The fourth-order valence-electron chi connectivity index (χ4n) is 1.72. The van der Waals surface area contributed by atoms with E-state index in [1.807, 2.05) is 0 Å². The van der Waals surface area contributed by atoms with Crippen LogP contribution in [-0.4, -0.2) is 25.5 Å². The molecule has 1 atom stereocenters. The molecule has 2 amide bonds. The van der Waals surface area contributed by atoms with E-state index in [2.05, 4.69) is 10.6 Å². The van der Waals surface area contributed by atoms with E-state index in [1.165, 1.54) is 7.05 Å². The minimum absolute atomic E-state index is 0.0485. The molecular formula is C9H16F2N2O. The van der Waals surface area contributed by atoms with Crippen LogP contribution in [0, 0.1) is 5.92 Å². The van der Waals surface area contributed by atoms with Crippen LogP contribution in [0.25, 0.3) is 0 Å². The first-order chi connectivity index (χ1) is 6.56. The molecule has 1 aliphatic rings. The number of hydrogen-bond donors (Lipinski definition) is 2. The Morgan fingerprint density at radius 1 is 1.50 bits per heavy atom. The molecule has 0 aromatic heterocycles. The summed E-state index contributed by atoms with van der Waals surface area (Å²) in [5.41, 5.74) is 0. The highest BCUT2D eigenvalue weighted by atomic mass is 19.3. The molecule has 1 unspecified atom stereocenters. The number of urea groups is 1. The number of alkyl halides is 2. The van der Waals surface area contributed by atoms with Gasteiger partial charge in [-0.25, -0.2) is 13.6 Å². The molecule has 1 fully saturated rings. The summed E-state index contributed by atoms with van der Waals surface area (Å²) < 4.78 is 26.5. The Bertz CT molecular complexity index is 209. The van der Waals surface area contributed by atoms with Crippen LogP contribution in [0.3, 0.4) is 0 Å². The van der Waals surface area contributed by atoms with Crippen molar-refractivity contribution in [3.05, 3.63) is 0 Å². The average Bonchev–Trinajstić information content (AvgIpc) is 2.15. The zero-order chi connectivity index (χ0) is 10.6. The van der Waals surface area contributed by atoms with Crippen molar-refractivity contribution in [1.82, 2.24) is 10.6 Å². The fourth-order valence-corrected chi connectivity index (χ4v) is 1.72. The Labute approximate surface area is 82.2 Å². The number of rotatable bonds is 2. The minimum atomic E-state index is -2.61. The monoisotopic (exact) mass is 206 g/mol. The quantitative estimate of drug-likeness (QED) is 0.710. The SMILES string of the molecule is CNC(=O)NCC1CCCCC1(F)F. The standard InChI is InChI=1S/C9H16F2N2O/c1-12-8(14)13-6-7-4-2-3-5-9(7,10)11/h7H,2-6H2,1H3,(H2,12,13,14). The van der Waals surface area contributed by atoms with Gasteiger partial charge in [0.2, 0.25) is 0 Å². The molecule has 3 nitrogen and oxygen atoms in total. The second-order valence-electron chi connectivity index (χ2n) is 3.66. The molecular weight excluding hydrogens is 190 g/mol. The van der Waals surface area contributed by atoms with E-state index >= 15 is 0 Å². The van der Waals surface area contributed by atoms with Gasteiger partial charge in [-0.05, 0) is 12.8 Å². The third-order valence-electron chi connectivity index (χ3n) is 2.65. The second kappa shape index (κ2) is 4.57. The lowest BCUT2D eigenvalue weighted by Crippen LogP contribution is -2.43. The van der Waals surface area contributed by atoms with Gasteiger partial charge in [0.05, 0.1) is 0 Å². The van der Waals surface area contributed by atoms with Gasteiger partial charge in [-0.2, -0.15) is 0 Å². The van der Waals surface area contributed by atoms with Crippen LogP contribution in [0.15, 0.2) is 0 Å². The van der Waals surface area contributed by atoms with Crippen LogP contribution in [-0.2, 0) is 0 Å².